The van der Waals surface area contributed by atoms with Gasteiger partial charge in [0.25, 0.3) is 5.91 Å². The van der Waals surface area contributed by atoms with Gasteiger partial charge in [0.2, 0.25) is 5.91 Å². The number of carbonyl (C=O) groups is 2. The van der Waals surface area contributed by atoms with Gasteiger partial charge in [0.15, 0.2) is 11.5 Å². The highest BCUT2D eigenvalue weighted by molar-refractivity contribution is 6.01. The monoisotopic (exact) mass is 538 g/mol. The molecule has 0 saturated heterocycles. The van der Waals surface area contributed by atoms with E-state index in [9.17, 15) is 9.59 Å². The highest BCUT2D eigenvalue weighted by Gasteiger charge is 2.47. The topological polar surface area (TPSA) is 67.9 Å². The molecule has 1 fully saturated rings. The van der Waals surface area contributed by atoms with Crippen LogP contribution < -0.4 is 14.8 Å². The zero-order valence-corrected chi connectivity index (χ0v) is 23.4. The standard InChI is InChI=1S/C34H38N2O4/c1-3-39-28-20-23-16-19-36-31(27(23)21-29(28)40-4-2)30(25-14-8-9-15-26(25)33(36)38)32(37)35-22-34(17-10-11-18-34)24-12-6-5-7-13-24/h5-9,12-15,20-21,30-31H,3-4,10-11,16-19,22H2,1-2H3,(H,35,37). The Hall–Kier alpha value is -3.80. The van der Waals surface area contributed by atoms with Gasteiger partial charge in [0, 0.05) is 24.1 Å². The Balaban J connectivity index is 1.40. The Labute approximate surface area is 236 Å². The van der Waals surface area contributed by atoms with Crippen LogP contribution >= 0.6 is 0 Å². The zero-order chi connectivity index (χ0) is 27.7. The first-order valence-electron chi connectivity index (χ1n) is 14.7. The van der Waals surface area contributed by atoms with Crippen LogP contribution in [0, 0.1) is 0 Å². The molecule has 3 aromatic rings. The van der Waals surface area contributed by atoms with Gasteiger partial charge in [0.1, 0.15) is 0 Å². The minimum atomic E-state index is -0.519. The highest BCUT2D eigenvalue weighted by atomic mass is 16.5. The van der Waals surface area contributed by atoms with Gasteiger partial charge in [-0.15, -0.1) is 0 Å². The predicted octanol–water partition coefficient (Wildman–Crippen LogP) is 5.95. The van der Waals surface area contributed by atoms with E-state index >= 15 is 0 Å². The molecule has 2 atom stereocenters. The van der Waals surface area contributed by atoms with E-state index in [0.29, 0.717) is 49.8 Å². The molecular formula is C34H38N2O4. The molecule has 2 aliphatic heterocycles. The molecule has 2 heterocycles. The van der Waals surface area contributed by atoms with E-state index in [-0.39, 0.29) is 17.2 Å². The molecule has 3 aromatic carbocycles. The van der Waals surface area contributed by atoms with Crippen LogP contribution in [0.1, 0.15) is 84.1 Å². The van der Waals surface area contributed by atoms with Gasteiger partial charge in [-0.2, -0.15) is 0 Å². The summed E-state index contributed by atoms with van der Waals surface area (Å²) >= 11 is 0. The average Bonchev–Trinajstić information content (AvgIpc) is 3.47. The van der Waals surface area contributed by atoms with E-state index in [1.165, 1.54) is 5.56 Å². The first-order chi connectivity index (χ1) is 19.6. The number of carbonyl (C=O) groups excluding carboxylic acids is 2. The van der Waals surface area contributed by atoms with Gasteiger partial charge < -0.3 is 19.7 Å². The summed E-state index contributed by atoms with van der Waals surface area (Å²) in [6, 6.07) is 21.9. The molecule has 0 spiro atoms. The van der Waals surface area contributed by atoms with E-state index in [4.69, 9.17) is 9.47 Å². The molecule has 2 unspecified atom stereocenters. The Morgan fingerprint density at radius 1 is 0.925 bits per heavy atom. The third-order valence-electron chi connectivity index (χ3n) is 9.01. The lowest BCUT2D eigenvalue weighted by Gasteiger charge is -2.45. The fourth-order valence-corrected chi connectivity index (χ4v) is 7.13. The van der Waals surface area contributed by atoms with E-state index in [2.05, 4.69) is 29.6 Å². The summed E-state index contributed by atoms with van der Waals surface area (Å²) in [6.07, 6.45) is 5.16. The fourth-order valence-electron chi connectivity index (χ4n) is 7.13. The molecule has 3 aliphatic rings. The lowest BCUT2D eigenvalue weighted by atomic mass is 9.75. The van der Waals surface area contributed by atoms with Crippen LogP contribution in [0.25, 0.3) is 0 Å². The lowest BCUT2D eigenvalue weighted by Crippen LogP contribution is -2.51. The van der Waals surface area contributed by atoms with Crippen molar-refractivity contribution in [1.82, 2.24) is 10.2 Å². The van der Waals surface area contributed by atoms with Gasteiger partial charge in [-0.1, -0.05) is 61.4 Å². The van der Waals surface area contributed by atoms with Crippen LogP contribution in [-0.4, -0.2) is 43.0 Å². The smallest absolute Gasteiger partial charge is 0.254 e. The highest BCUT2D eigenvalue weighted by Crippen LogP contribution is 2.49. The number of nitrogens with zero attached hydrogens (tertiary/aromatic N) is 1. The van der Waals surface area contributed by atoms with Crippen LogP contribution in [-0.2, 0) is 16.6 Å². The first-order valence-corrected chi connectivity index (χ1v) is 14.7. The van der Waals surface area contributed by atoms with Gasteiger partial charge in [-0.05, 0) is 73.6 Å². The number of rotatable bonds is 8. The Morgan fingerprint density at radius 3 is 2.33 bits per heavy atom. The van der Waals surface area contributed by atoms with Crippen molar-refractivity contribution in [3.05, 3.63) is 94.5 Å². The second-order valence-corrected chi connectivity index (χ2v) is 11.2. The molecule has 0 bridgehead atoms. The molecule has 6 heteroatoms. The number of amides is 2. The van der Waals surface area contributed by atoms with Crippen molar-refractivity contribution in [3.8, 4) is 11.5 Å². The Morgan fingerprint density at radius 2 is 1.60 bits per heavy atom. The molecule has 208 valence electrons. The molecule has 2 amide bonds. The predicted molar refractivity (Wildman–Crippen MR) is 155 cm³/mol. The lowest BCUT2D eigenvalue weighted by molar-refractivity contribution is -0.124. The van der Waals surface area contributed by atoms with Crippen LogP contribution in [0.3, 0.4) is 0 Å². The van der Waals surface area contributed by atoms with Gasteiger partial charge in [-0.3, -0.25) is 9.59 Å². The number of benzene rings is 3. The summed E-state index contributed by atoms with van der Waals surface area (Å²) < 4.78 is 11.9. The molecule has 0 aromatic heterocycles. The normalized spacial score (nSPS) is 20.8. The molecule has 6 rings (SSSR count). The molecule has 1 aliphatic carbocycles. The molecule has 1 N–H and O–H groups in total. The van der Waals surface area contributed by atoms with Crippen molar-refractivity contribution in [3.63, 3.8) is 0 Å². The third-order valence-corrected chi connectivity index (χ3v) is 9.01. The van der Waals surface area contributed by atoms with Crippen molar-refractivity contribution in [2.75, 3.05) is 26.3 Å². The van der Waals surface area contributed by atoms with Crippen LogP contribution in [0.4, 0.5) is 0 Å². The van der Waals surface area contributed by atoms with E-state index in [1.54, 1.807) is 0 Å². The molecule has 40 heavy (non-hydrogen) atoms. The maximum Gasteiger partial charge on any atom is 0.254 e. The molecule has 6 nitrogen and oxygen atoms in total. The minimum absolute atomic E-state index is 0.0151. The van der Waals surface area contributed by atoms with Crippen LogP contribution in [0.5, 0.6) is 11.5 Å². The quantitative estimate of drug-likeness (QED) is 0.385. The van der Waals surface area contributed by atoms with E-state index in [1.807, 2.05) is 61.2 Å². The van der Waals surface area contributed by atoms with Crippen molar-refractivity contribution < 1.29 is 19.1 Å². The number of fused-ring (bicyclic) bond motifs is 4. The first kappa shape index (κ1) is 26.4. The number of hydrogen-bond donors (Lipinski definition) is 1. The van der Waals surface area contributed by atoms with Gasteiger partial charge >= 0.3 is 0 Å². The average molecular weight is 539 g/mol. The Bertz CT molecular complexity index is 1400. The number of ether oxygens (including phenoxy) is 2. The van der Waals surface area contributed by atoms with Crippen LogP contribution in [0.15, 0.2) is 66.7 Å². The molecule has 0 radical (unpaired) electrons. The summed E-state index contributed by atoms with van der Waals surface area (Å²) in [5, 5.41) is 3.39. The van der Waals surface area contributed by atoms with Crippen molar-refractivity contribution in [1.29, 1.82) is 0 Å². The maximum absolute atomic E-state index is 14.3. The zero-order valence-electron chi connectivity index (χ0n) is 23.4. The molecular weight excluding hydrogens is 500 g/mol. The summed E-state index contributed by atoms with van der Waals surface area (Å²) in [5.74, 6) is 0.806. The van der Waals surface area contributed by atoms with E-state index < -0.39 is 12.0 Å². The largest absolute Gasteiger partial charge is 0.490 e. The summed E-state index contributed by atoms with van der Waals surface area (Å²) in [4.78, 5) is 30.0. The summed E-state index contributed by atoms with van der Waals surface area (Å²) in [5.41, 5.74) is 4.73. The summed E-state index contributed by atoms with van der Waals surface area (Å²) in [7, 11) is 0. The SMILES string of the molecule is CCOc1cc2c(cc1OCC)C1C(C(=O)NCC3(c4ccccc4)CCCC3)c3ccccc3C(=O)N1CC2. The van der Waals surface area contributed by atoms with Crippen molar-refractivity contribution in [2.24, 2.45) is 0 Å². The van der Waals surface area contributed by atoms with Gasteiger partial charge in [0.05, 0.1) is 25.2 Å². The Kier molecular flexibility index (Phi) is 7.26. The number of hydrogen-bond acceptors (Lipinski definition) is 4. The maximum atomic E-state index is 14.3. The van der Waals surface area contributed by atoms with Crippen LogP contribution in [0.2, 0.25) is 0 Å². The van der Waals surface area contributed by atoms with Crippen molar-refractivity contribution in [2.45, 2.75) is 63.3 Å². The second-order valence-electron chi connectivity index (χ2n) is 11.2. The van der Waals surface area contributed by atoms with Crippen molar-refractivity contribution >= 4 is 11.8 Å². The molecule has 1 saturated carbocycles. The van der Waals surface area contributed by atoms with Gasteiger partial charge in [-0.25, -0.2) is 0 Å². The minimum Gasteiger partial charge on any atom is -0.490 e. The fraction of sp³-hybridized carbons (Fsp3) is 0.412. The number of nitrogens with one attached hydrogen (secondary N) is 1. The second kappa shape index (κ2) is 11.0. The van der Waals surface area contributed by atoms with E-state index in [0.717, 1.165) is 42.4 Å². The summed E-state index contributed by atoms with van der Waals surface area (Å²) in [6.45, 7) is 6.09. The third kappa shape index (κ3) is 4.53.